The smallest absolute Gasteiger partial charge is 0.306 e. The van der Waals surface area contributed by atoms with Crippen molar-refractivity contribution < 1.29 is 33.6 Å². The first-order valence-electron chi connectivity index (χ1n) is 21.9. The van der Waals surface area contributed by atoms with E-state index in [9.17, 15) is 14.7 Å². The van der Waals surface area contributed by atoms with Crippen LogP contribution in [0.4, 0.5) is 0 Å². The second-order valence-corrected chi connectivity index (χ2v) is 14.6. The molecule has 0 aromatic heterocycles. The molecule has 0 fully saturated rings. The first-order valence-corrected chi connectivity index (χ1v) is 21.9. The Bertz CT molecular complexity index is 756. The van der Waals surface area contributed by atoms with Crippen LogP contribution < -0.4 is 0 Å². The lowest BCUT2D eigenvalue weighted by Gasteiger charge is -2.20. The van der Waals surface area contributed by atoms with Crippen LogP contribution in [0.1, 0.15) is 213 Å². The fourth-order valence-electron chi connectivity index (χ4n) is 6.29. The van der Waals surface area contributed by atoms with Crippen molar-refractivity contribution in [2.24, 2.45) is 0 Å². The first kappa shape index (κ1) is 49.6. The van der Waals surface area contributed by atoms with Gasteiger partial charge in [0.1, 0.15) is 12.2 Å². The average molecular weight is 725 g/mol. The summed E-state index contributed by atoms with van der Waals surface area (Å²) in [5.41, 5.74) is 0. The number of carbonyl (C=O) groups excluding carboxylic acids is 2. The van der Waals surface area contributed by atoms with Crippen LogP contribution in [0.5, 0.6) is 0 Å². The highest BCUT2D eigenvalue weighted by Gasteiger charge is 2.18. The number of aliphatic hydroxyl groups excluding tert-OH is 1. The van der Waals surface area contributed by atoms with Gasteiger partial charge in [0.25, 0.3) is 0 Å². The van der Waals surface area contributed by atoms with Gasteiger partial charge in [0, 0.05) is 19.4 Å². The third-order valence-electron chi connectivity index (χ3n) is 9.54. The molecule has 0 bridgehead atoms. The van der Waals surface area contributed by atoms with E-state index in [1.165, 1.54) is 135 Å². The Morgan fingerprint density at radius 3 is 1.18 bits per heavy atom. The van der Waals surface area contributed by atoms with Gasteiger partial charge in [-0.05, 0) is 45.4 Å². The molecule has 0 saturated carbocycles. The highest BCUT2D eigenvalue weighted by Crippen LogP contribution is 2.15. The highest BCUT2D eigenvalue weighted by atomic mass is 16.6. The third-order valence-corrected chi connectivity index (χ3v) is 9.54. The summed E-state index contributed by atoms with van der Waals surface area (Å²) in [5, 5.41) is 9.72. The molecule has 2 unspecified atom stereocenters. The molecular formula is C44H84O7. The normalized spacial score (nSPS) is 12.8. The summed E-state index contributed by atoms with van der Waals surface area (Å²) >= 11 is 0. The van der Waals surface area contributed by atoms with Gasteiger partial charge in [-0.3, -0.25) is 9.59 Å². The number of hydrogen-bond donors (Lipinski definition) is 1. The topological polar surface area (TPSA) is 91.3 Å². The quantitative estimate of drug-likeness (QED) is 0.0381. The molecule has 7 nitrogen and oxygen atoms in total. The number of aliphatic hydroxyl groups is 1. The minimum Gasteiger partial charge on any atom is -0.457 e. The van der Waals surface area contributed by atoms with Crippen molar-refractivity contribution in [2.75, 3.05) is 33.0 Å². The maximum absolute atomic E-state index is 12.5. The molecule has 302 valence electrons. The van der Waals surface area contributed by atoms with Crippen molar-refractivity contribution in [3.05, 3.63) is 12.2 Å². The molecule has 0 spiro atoms. The minimum absolute atomic E-state index is 0.0494. The average Bonchev–Trinajstić information content (AvgIpc) is 3.13. The number of esters is 2. The zero-order chi connectivity index (χ0) is 37.3. The molecule has 2 atom stereocenters. The van der Waals surface area contributed by atoms with E-state index in [-0.39, 0.29) is 38.4 Å². The van der Waals surface area contributed by atoms with Crippen LogP contribution in [0, 0.1) is 0 Å². The van der Waals surface area contributed by atoms with E-state index in [4.69, 9.17) is 18.9 Å². The van der Waals surface area contributed by atoms with E-state index in [0.717, 1.165) is 44.9 Å². The summed E-state index contributed by atoms with van der Waals surface area (Å²) in [6.07, 6.45) is 39.2. The van der Waals surface area contributed by atoms with Crippen LogP contribution in [0.2, 0.25) is 0 Å². The van der Waals surface area contributed by atoms with Crippen LogP contribution in [0.3, 0.4) is 0 Å². The highest BCUT2D eigenvalue weighted by molar-refractivity contribution is 5.69. The second kappa shape index (κ2) is 41.3. The van der Waals surface area contributed by atoms with Crippen molar-refractivity contribution in [2.45, 2.75) is 226 Å². The zero-order valence-electron chi connectivity index (χ0n) is 34.0. The van der Waals surface area contributed by atoms with E-state index in [1.807, 2.05) is 6.92 Å². The standard InChI is InChI=1S/C44H84O7/c1-4-7-9-11-13-15-17-19-21-23-25-27-29-31-33-35-43(46)50-41(37-45)38-49-40-42(39-48-6-3)51-44(47)36-34-32-30-28-26-24-22-20-18-16-14-12-10-8-5-2/h19,21,41-42,45H,4-18,20,22-40H2,1-3H3/b21-19-. The van der Waals surface area contributed by atoms with Crippen molar-refractivity contribution in [1.82, 2.24) is 0 Å². The number of allylic oxidation sites excluding steroid dienone is 2. The van der Waals surface area contributed by atoms with Gasteiger partial charge in [-0.2, -0.15) is 0 Å². The summed E-state index contributed by atoms with van der Waals surface area (Å²) in [4.78, 5) is 24.8. The van der Waals surface area contributed by atoms with Crippen LogP contribution in [0.15, 0.2) is 12.2 Å². The summed E-state index contributed by atoms with van der Waals surface area (Å²) in [7, 11) is 0. The molecule has 0 aliphatic rings. The molecule has 0 aliphatic carbocycles. The van der Waals surface area contributed by atoms with Gasteiger partial charge in [-0.25, -0.2) is 0 Å². The molecule has 1 N–H and O–H groups in total. The number of rotatable bonds is 41. The van der Waals surface area contributed by atoms with Crippen molar-refractivity contribution in [3.8, 4) is 0 Å². The van der Waals surface area contributed by atoms with Crippen LogP contribution >= 0.6 is 0 Å². The second-order valence-electron chi connectivity index (χ2n) is 14.6. The Balaban J connectivity index is 3.90. The molecule has 51 heavy (non-hydrogen) atoms. The van der Waals surface area contributed by atoms with Gasteiger partial charge in [0.2, 0.25) is 0 Å². The summed E-state index contributed by atoms with van der Waals surface area (Å²) in [6, 6.07) is 0. The molecule has 7 heteroatoms. The van der Waals surface area contributed by atoms with E-state index in [1.54, 1.807) is 0 Å². The van der Waals surface area contributed by atoms with Crippen molar-refractivity contribution in [3.63, 3.8) is 0 Å². The van der Waals surface area contributed by atoms with Gasteiger partial charge in [0.05, 0.1) is 26.4 Å². The molecule has 0 aliphatic heterocycles. The molecule has 0 saturated heterocycles. The lowest BCUT2D eigenvalue weighted by Crippen LogP contribution is -2.32. The van der Waals surface area contributed by atoms with E-state index < -0.39 is 12.2 Å². The van der Waals surface area contributed by atoms with Crippen molar-refractivity contribution >= 4 is 11.9 Å². The molecule has 0 aromatic carbocycles. The molecular weight excluding hydrogens is 640 g/mol. The fraction of sp³-hybridized carbons (Fsp3) is 0.909. The predicted octanol–water partition coefficient (Wildman–Crippen LogP) is 12.2. The SMILES string of the molecule is CCCCCCCC/C=C\CCCCCCCC(=O)OC(CO)COCC(COCC)OC(=O)CCCCCCCCCCCCCCCCC. The number of carbonyl (C=O) groups is 2. The van der Waals surface area contributed by atoms with Gasteiger partial charge in [0.15, 0.2) is 0 Å². The number of unbranched alkanes of at least 4 members (excludes halogenated alkanes) is 25. The first-order chi connectivity index (χ1) is 25.1. The number of ether oxygens (including phenoxy) is 4. The molecule has 0 heterocycles. The Morgan fingerprint density at radius 1 is 0.451 bits per heavy atom. The van der Waals surface area contributed by atoms with E-state index in [0.29, 0.717) is 19.4 Å². The van der Waals surface area contributed by atoms with E-state index >= 15 is 0 Å². The lowest BCUT2D eigenvalue weighted by molar-refractivity contribution is -0.161. The summed E-state index contributed by atoms with van der Waals surface area (Å²) < 4.78 is 22.3. The zero-order valence-corrected chi connectivity index (χ0v) is 34.0. The van der Waals surface area contributed by atoms with Gasteiger partial charge < -0.3 is 24.1 Å². The molecule has 0 radical (unpaired) electrons. The number of hydrogen-bond acceptors (Lipinski definition) is 7. The van der Waals surface area contributed by atoms with Gasteiger partial charge in [-0.1, -0.05) is 167 Å². The molecule has 0 aromatic rings. The maximum atomic E-state index is 12.5. The van der Waals surface area contributed by atoms with Gasteiger partial charge >= 0.3 is 11.9 Å². The third kappa shape index (κ3) is 38.1. The monoisotopic (exact) mass is 725 g/mol. The summed E-state index contributed by atoms with van der Waals surface area (Å²) in [5.74, 6) is -0.542. The predicted molar refractivity (Wildman–Crippen MR) is 213 cm³/mol. The van der Waals surface area contributed by atoms with Crippen LogP contribution in [-0.4, -0.2) is 62.3 Å². The summed E-state index contributed by atoms with van der Waals surface area (Å²) in [6.45, 7) is 7.06. The van der Waals surface area contributed by atoms with Crippen LogP contribution in [0.25, 0.3) is 0 Å². The Hall–Kier alpha value is -1.44. The molecule has 0 rings (SSSR count). The van der Waals surface area contributed by atoms with Crippen molar-refractivity contribution in [1.29, 1.82) is 0 Å². The maximum Gasteiger partial charge on any atom is 0.306 e. The fourth-order valence-corrected chi connectivity index (χ4v) is 6.29. The van der Waals surface area contributed by atoms with Gasteiger partial charge in [-0.15, -0.1) is 0 Å². The minimum atomic E-state index is -0.732. The Kier molecular flexibility index (Phi) is 40.2. The largest absolute Gasteiger partial charge is 0.457 e. The van der Waals surface area contributed by atoms with Crippen LogP contribution in [-0.2, 0) is 28.5 Å². The van der Waals surface area contributed by atoms with E-state index in [2.05, 4.69) is 26.0 Å². The Morgan fingerprint density at radius 2 is 0.784 bits per heavy atom. The lowest BCUT2D eigenvalue weighted by atomic mass is 10.0. The molecule has 0 amide bonds. The Labute approximate surface area is 315 Å².